The second-order valence-corrected chi connectivity index (χ2v) is 8.34. The molecular formula is C13H22N4OS2. The number of rotatable bonds is 3. The molecule has 1 saturated heterocycles. The van der Waals surface area contributed by atoms with Crippen molar-refractivity contribution in [3.05, 3.63) is 4.88 Å². The van der Waals surface area contributed by atoms with Crippen LogP contribution in [0.3, 0.4) is 0 Å². The van der Waals surface area contributed by atoms with Gasteiger partial charge in [-0.2, -0.15) is 11.8 Å². The summed E-state index contributed by atoms with van der Waals surface area (Å²) in [6.07, 6.45) is 0. The number of thiazole rings is 1. The van der Waals surface area contributed by atoms with Gasteiger partial charge in [-0.1, -0.05) is 11.3 Å². The summed E-state index contributed by atoms with van der Waals surface area (Å²) in [5.74, 6) is 1.34. The van der Waals surface area contributed by atoms with E-state index < -0.39 is 0 Å². The molecule has 0 unspecified atom stereocenters. The number of amides is 1. The topological polar surface area (TPSA) is 62.5 Å². The number of nitrogens with zero attached hydrogens (tertiary/aromatic N) is 3. The minimum atomic E-state index is 0.0177. The maximum absolute atomic E-state index is 12.6. The highest BCUT2D eigenvalue weighted by Crippen LogP contribution is 2.33. The number of thioether (sulfide) groups is 1. The molecule has 0 atom stereocenters. The second kappa shape index (κ2) is 5.81. The Labute approximate surface area is 128 Å². The van der Waals surface area contributed by atoms with Gasteiger partial charge in [0.1, 0.15) is 10.7 Å². The predicted octanol–water partition coefficient (Wildman–Crippen LogP) is 2.15. The van der Waals surface area contributed by atoms with E-state index in [0.29, 0.717) is 10.7 Å². The van der Waals surface area contributed by atoms with Gasteiger partial charge in [-0.05, 0) is 20.8 Å². The second-order valence-electron chi connectivity index (χ2n) is 5.56. The lowest BCUT2D eigenvalue weighted by Crippen LogP contribution is -2.46. The molecule has 1 aromatic rings. The molecule has 1 aromatic heterocycles. The van der Waals surface area contributed by atoms with Crippen LogP contribution < -0.4 is 10.6 Å². The van der Waals surface area contributed by atoms with Crippen molar-refractivity contribution in [2.75, 3.05) is 43.1 Å². The smallest absolute Gasteiger partial charge is 0.267 e. The van der Waals surface area contributed by atoms with Gasteiger partial charge in [-0.3, -0.25) is 4.79 Å². The van der Waals surface area contributed by atoms with Gasteiger partial charge in [0.2, 0.25) is 0 Å². The average molecular weight is 314 g/mol. The van der Waals surface area contributed by atoms with Crippen LogP contribution in [0.5, 0.6) is 0 Å². The number of carbonyl (C=O) groups excluding carboxylic acids is 1. The van der Waals surface area contributed by atoms with E-state index in [2.05, 4.69) is 18.8 Å². The third kappa shape index (κ3) is 3.20. The number of aromatic nitrogens is 1. The SMILES string of the molecule is CCN(C)c1nc(N)c(C(=O)N2CCSC(C)(C)C2)s1. The molecule has 0 radical (unpaired) electrons. The molecule has 2 rings (SSSR count). The van der Waals surface area contributed by atoms with Crippen LogP contribution in [-0.4, -0.2) is 53.0 Å². The third-order valence-corrected chi connectivity index (χ3v) is 5.82. The van der Waals surface area contributed by atoms with Crippen molar-refractivity contribution < 1.29 is 4.79 Å². The summed E-state index contributed by atoms with van der Waals surface area (Å²) in [6, 6.07) is 0. The lowest BCUT2D eigenvalue weighted by Gasteiger charge is -2.37. The Morgan fingerprint density at radius 3 is 2.85 bits per heavy atom. The Balaban J connectivity index is 2.19. The lowest BCUT2D eigenvalue weighted by atomic mass is 10.2. The van der Waals surface area contributed by atoms with E-state index in [0.717, 1.165) is 30.5 Å². The third-order valence-electron chi connectivity index (χ3n) is 3.35. The molecule has 20 heavy (non-hydrogen) atoms. The van der Waals surface area contributed by atoms with E-state index in [4.69, 9.17) is 5.73 Å². The molecule has 1 aliphatic heterocycles. The first kappa shape index (κ1) is 15.4. The highest BCUT2D eigenvalue weighted by molar-refractivity contribution is 8.00. The molecule has 1 aliphatic rings. The van der Waals surface area contributed by atoms with Crippen molar-refractivity contribution in [3.8, 4) is 0 Å². The van der Waals surface area contributed by atoms with E-state index in [1.54, 1.807) is 0 Å². The quantitative estimate of drug-likeness (QED) is 0.926. The molecule has 7 heteroatoms. The largest absolute Gasteiger partial charge is 0.382 e. The molecule has 0 bridgehead atoms. The summed E-state index contributed by atoms with van der Waals surface area (Å²) >= 11 is 3.29. The number of nitrogens with two attached hydrogens (primary N) is 1. The molecule has 1 fully saturated rings. The summed E-state index contributed by atoms with van der Waals surface area (Å²) < 4.78 is 0.108. The first-order chi connectivity index (χ1) is 9.34. The zero-order chi connectivity index (χ0) is 14.9. The molecular weight excluding hydrogens is 292 g/mol. The van der Waals surface area contributed by atoms with Crippen molar-refractivity contribution in [1.82, 2.24) is 9.88 Å². The van der Waals surface area contributed by atoms with Gasteiger partial charge in [-0.15, -0.1) is 0 Å². The molecule has 2 N–H and O–H groups in total. The van der Waals surface area contributed by atoms with E-state index in [9.17, 15) is 4.79 Å². The lowest BCUT2D eigenvalue weighted by molar-refractivity contribution is 0.0753. The minimum absolute atomic E-state index is 0.0177. The Hall–Kier alpha value is -0.950. The van der Waals surface area contributed by atoms with Gasteiger partial charge in [0.15, 0.2) is 5.13 Å². The summed E-state index contributed by atoms with van der Waals surface area (Å²) in [6.45, 7) is 8.76. The molecule has 2 heterocycles. The maximum Gasteiger partial charge on any atom is 0.267 e. The van der Waals surface area contributed by atoms with Gasteiger partial charge >= 0.3 is 0 Å². The molecule has 5 nitrogen and oxygen atoms in total. The number of anilines is 2. The number of hydrogen-bond donors (Lipinski definition) is 1. The molecule has 0 spiro atoms. The highest BCUT2D eigenvalue weighted by Gasteiger charge is 2.32. The fourth-order valence-corrected chi connectivity index (χ4v) is 4.19. The van der Waals surface area contributed by atoms with Gasteiger partial charge in [0, 0.05) is 37.2 Å². The number of hydrogen-bond acceptors (Lipinski definition) is 6. The zero-order valence-corrected chi connectivity index (χ0v) is 14.1. The first-order valence-corrected chi connectivity index (χ1v) is 8.55. The fraction of sp³-hybridized carbons (Fsp3) is 0.692. The van der Waals surface area contributed by atoms with Crippen LogP contribution in [0.4, 0.5) is 10.9 Å². The van der Waals surface area contributed by atoms with Crippen molar-refractivity contribution in [1.29, 1.82) is 0 Å². The minimum Gasteiger partial charge on any atom is -0.382 e. The summed E-state index contributed by atoms with van der Waals surface area (Å²) in [5.41, 5.74) is 5.93. The van der Waals surface area contributed by atoms with E-state index in [1.165, 1.54) is 11.3 Å². The number of carbonyl (C=O) groups is 1. The fourth-order valence-electron chi connectivity index (χ4n) is 2.11. The van der Waals surface area contributed by atoms with Crippen LogP contribution in [0.2, 0.25) is 0 Å². The molecule has 112 valence electrons. The van der Waals surface area contributed by atoms with Crippen molar-refractivity contribution in [2.24, 2.45) is 0 Å². The van der Waals surface area contributed by atoms with Crippen LogP contribution in [-0.2, 0) is 0 Å². The van der Waals surface area contributed by atoms with E-state index in [1.807, 2.05) is 35.5 Å². The van der Waals surface area contributed by atoms with Crippen LogP contribution in [0.1, 0.15) is 30.4 Å². The Morgan fingerprint density at radius 1 is 1.55 bits per heavy atom. The van der Waals surface area contributed by atoms with Crippen LogP contribution >= 0.6 is 23.1 Å². The highest BCUT2D eigenvalue weighted by atomic mass is 32.2. The molecule has 1 amide bonds. The van der Waals surface area contributed by atoms with Crippen LogP contribution in [0.15, 0.2) is 0 Å². The zero-order valence-electron chi connectivity index (χ0n) is 12.5. The Kier molecular flexibility index (Phi) is 4.49. The van der Waals surface area contributed by atoms with Crippen molar-refractivity contribution >= 4 is 40.0 Å². The van der Waals surface area contributed by atoms with Crippen LogP contribution in [0, 0.1) is 0 Å². The van der Waals surface area contributed by atoms with Crippen molar-refractivity contribution in [3.63, 3.8) is 0 Å². The summed E-state index contributed by atoms with van der Waals surface area (Å²) in [7, 11) is 1.95. The Bertz CT molecular complexity index is 501. The Morgan fingerprint density at radius 2 is 2.25 bits per heavy atom. The summed E-state index contributed by atoms with van der Waals surface area (Å²) in [4.78, 5) is 21.4. The van der Waals surface area contributed by atoms with Gasteiger partial charge in [0.25, 0.3) is 5.91 Å². The first-order valence-electron chi connectivity index (χ1n) is 6.74. The standard InChI is InChI=1S/C13H22N4OS2/c1-5-16(4)12-15-10(14)9(20-12)11(18)17-6-7-19-13(2,3)8-17/h5-8,14H2,1-4H3. The maximum atomic E-state index is 12.6. The van der Waals surface area contributed by atoms with Crippen molar-refractivity contribution in [2.45, 2.75) is 25.5 Å². The summed E-state index contributed by atoms with van der Waals surface area (Å²) in [5, 5.41) is 0.805. The predicted molar refractivity (Wildman–Crippen MR) is 87.9 cm³/mol. The van der Waals surface area contributed by atoms with Gasteiger partial charge < -0.3 is 15.5 Å². The normalized spacial score (nSPS) is 18.1. The molecule has 0 saturated carbocycles. The van der Waals surface area contributed by atoms with Gasteiger partial charge in [-0.25, -0.2) is 4.98 Å². The monoisotopic (exact) mass is 314 g/mol. The van der Waals surface area contributed by atoms with E-state index in [-0.39, 0.29) is 10.7 Å². The van der Waals surface area contributed by atoms with E-state index >= 15 is 0 Å². The molecule has 0 aromatic carbocycles. The van der Waals surface area contributed by atoms with Crippen LogP contribution in [0.25, 0.3) is 0 Å². The van der Waals surface area contributed by atoms with Gasteiger partial charge in [0.05, 0.1) is 0 Å². The number of nitrogen functional groups attached to an aromatic ring is 1. The molecule has 0 aliphatic carbocycles. The average Bonchev–Trinajstić information content (AvgIpc) is 2.78.